The molecule has 132 valence electrons. The third kappa shape index (κ3) is 3.56. The van der Waals surface area contributed by atoms with Crippen molar-refractivity contribution in [2.75, 3.05) is 6.61 Å². The molecule has 2 fully saturated rings. The van der Waals surface area contributed by atoms with E-state index in [-0.39, 0.29) is 19.8 Å². The molecule has 10 heteroatoms. The van der Waals surface area contributed by atoms with Crippen LogP contribution >= 0.6 is 0 Å². The number of hydrogen-bond donors (Lipinski definition) is 1. The lowest BCUT2D eigenvalue weighted by Crippen LogP contribution is -2.48. The maximum Gasteiger partial charge on any atom is 0.431 e. The first-order chi connectivity index (χ1) is 10.4. The summed E-state index contributed by atoms with van der Waals surface area (Å²) in [5.74, 6) is -10.1. The van der Waals surface area contributed by atoms with E-state index in [1.165, 1.54) is 0 Å². The van der Waals surface area contributed by atoms with E-state index >= 15 is 0 Å². The molecular formula is C13H15F5O5. The van der Waals surface area contributed by atoms with Crippen molar-refractivity contribution in [3.8, 4) is 0 Å². The SMILES string of the molecule is CC(F)(F)C(OC(=O)C1C2CCC1C(O)COC2=O)C(F)(F)F. The van der Waals surface area contributed by atoms with Gasteiger partial charge < -0.3 is 14.6 Å². The van der Waals surface area contributed by atoms with E-state index in [1.807, 2.05) is 0 Å². The van der Waals surface area contributed by atoms with Crippen LogP contribution in [0.25, 0.3) is 0 Å². The van der Waals surface area contributed by atoms with Crippen LogP contribution < -0.4 is 0 Å². The van der Waals surface area contributed by atoms with Crippen LogP contribution in [-0.4, -0.2) is 48.0 Å². The number of aliphatic hydroxyl groups excluding tert-OH is 1. The summed E-state index contributed by atoms with van der Waals surface area (Å²) >= 11 is 0. The summed E-state index contributed by atoms with van der Waals surface area (Å²) in [6.45, 7) is -0.403. The summed E-state index contributed by atoms with van der Waals surface area (Å²) in [5, 5.41) is 9.81. The van der Waals surface area contributed by atoms with E-state index in [9.17, 15) is 36.6 Å². The van der Waals surface area contributed by atoms with Crippen LogP contribution in [0.4, 0.5) is 22.0 Å². The van der Waals surface area contributed by atoms with Crippen LogP contribution in [0.3, 0.4) is 0 Å². The van der Waals surface area contributed by atoms with Gasteiger partial charge in [-0.1, -0.05) is 0 Å². The lowest BCUT2D eigenvalue weighted by molar-refractivity contribution is -0.275. The minimum atomic E-state index is -5.46. The van der Waals surface area contributed by atoms with Gasteiger partial charge in [0.2, 0.25) is 0 Å². The molecule has 1 saturated carbocycles. The van der Waals surface area contributed by atoms with Crippen molar-refractivity contribution in [3.05, 3.63) is 0 Å². The van der Waals surface area contributed by atoms with Gasteiger partial charge in [-0.3, -0.25) is 9.59 Å². The number of rotatable bonds is 3. The molecule has 0 radical (unpaired) electrons. The fourth-order valence-electron chi connectivity index (χ4n) is 3.12. The van der Waals surface area contributed by atoms with E-state index in [0.717, 1.165) is 0 Å². The van der Waals surface area contributed by atoms with Crippen LogP contribution in [0.2, 0.25) is 0 Å². The maximum atomic E-state index is 13.1. The van der Waals surface area contributed by atoms with Crippen molar-refractivity contribution in [2.45, 2.75) is 44.1 Å². The Hall–Kier alpha value is -1.45. The van der Waals surface area contributed by atoms with E-state index in [4.69, 9.17) is 4.74 Å². The van der Waals surface area contributed by atoms with Crippen molar-refractivity contribution in [3.63, 3.8) is 0 Å². The van der Waals surface area contributed by atoms with Crippen LogP contribution in [0, 0.1) is 17.8 Å². The van der Waals surface area contributed by atoms with Gasteiger partial charge in [0, 0.05) is 12.8 Å². The number of alkyl halides is 5. The molecule has 2 rings (SSSR count). The van der Waals surface area contributed by atoms with Gasteiger partial charge in [0.15, 0.2) is 0 Å². The van der Waals surface area contributed by atoms with E-state index in [2.05, 4.69) is 4.74 Å². The molecule has 2 aliphatic rings. The van der Waals surface area contributed by atoms with Crippen molar-refractivity contribution in [1.82, 2.24) is 0 Å². The Balaban J connectivity index is 2.23. The average Bonchev–Trinajstić information content (AvgIpc) is 2.78. The highest BCUT2D eigenvalue weighted by molar-refractivity contribution is 5.83. The summed E-state index contributed by atoms with van der Waals surface area (Å²) < 4.78 is 73.0. The fraction of sp³-hybridized carbons (Fsp3) is 0.846. The Bertz CT molecular complexity index is 472. The molecule has 1 saturated heterocycles. The van der Waals surface area contributed by atoms with Crippen molar-refractivity contribution >= 4 is 11.9 Å². The number of carbonyl (C=O) groups excluding carboxylic acids is 2. The molecule has 0 amide bonds. The van der Waals surface area contributed by atoms with Crippen molar-refractivity contribution < 1.29 is 46.1 Å². The van der Waals surface area contributed by atoms with Gasteiger partial charge in [0.05, 0.1) is 17.9 Å². The lowest BCUT2D eigenvalue weighted by Gasteiger charge is -2.28. The predicted molar refractivity (Wildman–Crippen MR) is 63.2 cm³/mol. The highest BCUT2D eigenvalue weighted by Crippen LogP contribution is 2.44. The van der Waals surface area contributed by atoms with Crippen molar-refractivity contribution in [2.24, 2.45) is 17.8 Å². The zero-order valence-corrected chi connectivity index (χ0v) is 12.0. The molecule has 2 bridgehead atoms. The van der Waals surface area contributed by atoms with Crippen LogP contribution in [-0.2, 0) is 19.1 Å². The molecule has 5 atom stereocenters. The fourth-order valence-corrected chi connectivity index (χ4v) is 3.12. The van der Waals surface area contributed by atoms with E-state index in [1.54, 1.807) is 0 Å². The first-order valence-electron chi connectivity index (χ1n) is 6.92. The van der Waals surface area contributed by atoms with Gasteiger partial charge in [0.25, 0.3) is 12.0 Å². The maximum absolute atomic E-state index is 13.1. The molecule has 23 heavy (non-hydrogen) atoms. The zero-order chi connectivity index (χ0) is 17.6. The number of halogens is 5. The minimum absolute atomic E-state index is 0.0107. The number of hydrogen-bond acceptors (Lipinski definition) is 5. The topological polar surface area (TPSA) is 72.8 Å². The summed E-state index contributed by atoms with van der Waals surface area (Å²) in [5.41, 5.74) is 0. The Morgan fingerprint density at radius 2 is 1.91 bits per heavy atom. The Labute approximate surface area is 127 Å². The second-order valence-electron chi connectivity index (χ2n) is 5.89. The normalized spacial score (nSPS) is 32.9. The predicted octanol–water partition coefficient (Wildman–Crippen LogP) is 1.68. The Morgan fingerprint density at radius 3 is 2.43 bits per heavy atom. The molecule has 0 aromatic heterocycles. The van der Waals surface area contributed by atoms with Crippen molar-refractivity contribution in [1.29, 1.82) is 0 Å². The van der Waals surface area contributed by atoms with Crippen LogP contribution in [0.5, 0.6) is 0 Å². The monoisotopic (exact) mass is 346 g/mol. The van der Waals surface area contributed by atoms with Gasteiger partial charge in [-0.05, 0) is 12.8 Å². The third-order valence-electron chi connectivity index (χ3n) is 4.16. The lowest BCUT2D eigenvalue weighted by atomic mass is 9.87. The average molecular weight is 346 g/mol. The highest BCUT2D eigenvalue weighted by atomic mass is 19.4. The van der Waals surface area contributed by atoms with E-state index in [0.29, 0.717) is 0 Å². The first-order valence-corrected chi connectivity index (χ1v) is 6.92. The van der Waals surface area contributed by atoms with Crippen LogP contribution in [0.15, 0.2) is 0 Å². The summed E-state index contributed by atoms with van der Waals surface area (Å²) in [4.78, 5) is 23.7. The molecule has 0 aromatic rings. The number of esters is 2. The molecule has 1 aliphatic carbocycles. The first kappa shape index (κ1) is 17.9. The Morgan fingerprint density at radius 1 is 1.30 bits per heavy atom. The highest BCUT2D eigenvalue weighted by Gasteiger charge is 2.58. The van der Waals surface area contributed by atoms with Gasteiger partial charge in [-0.15, -0.1) is 0 Å². The standard InChI is InChI=1S/C13H15F5O5/c1-12(14,15)11(13(16,17)18)23-10(21)8-5-2-3-6(8)9(20)22-4-7(5)19/h5-8,11,19H,2-4H2,1H3. The second kappa shape index (κ2) is 5.88. The number of fused-ring (bicyclic) bond motifs is 2. The van der Waals surface area contributed by atoms with Gasteiger partial charge in [-0.2, -0.15) is 13.2 Å². The second-order valence-corrected chi connectivity index (χ2v) is 5.89. The molecule has 0 aromatic carbocycles. The molecule has 1 N–H and O–H groups in total. The summed E-state index contributed by atoms with van der Waals surface area (Å²) in [6, 6.07) is 0. The minimum Gasteiger partial charge on any atom is -0.463 e. The molecule has 5 unspecified atom stereocenters. The Kier molecular flexibility index (Phi) is 4.57. The zero-order valence-electron chi connectivity index (χ0n) is 12.0. The third-order valence-corrected chi connectivity index (χ3v) is 4.16. The summed E-state index contributed by atoms with van der Waals surface area (Å²) in [7, 11) is 0. The largest absolute Gasteiger partial charge is 0.463 e. The van der Waals surface area contributed by atoms with Crippen LogP contribution in [0.1, 0.15) is 19.8 Å². The number of aliphatic hydroxyl groups is 1. The summed E-state index contributed by atoms with van der Waals surface area (Å²) in [6.07, 6.45) is -10.0. The smallest absolute Gasteiger partial charge is 0.431 e. The molecule has 5 nitrogen and oxygen atoms in total. The molecule has 0 spiro atoms. The van der Waals surface area contributed by atoms with Gasteiger partial charge in [0.1, 0.15) is 6.61 Å². The van der Waals surface area contributed by atoms with Gasteiger partial charge in [-0.25, -0.2) is 8.78 Å². The molecular weight excluding hydrogens is 331 g/mol. The number of ether oxygens (including phenoxy) is 2. The number of cyclic esters (lactones) is 1. The molecule has 1 heterocycles. The van der Waals surface area contributed by atoms with Gasteiger partial charge >= 0.3 is 18.1 Å². The quantitative estimate of drug-likeness (QED) is 0.622. The van der Waals surface area contributed by atoms with E-state index < -0.39 is 60.6 Å². The molecule has 1 aliphatic heterocycles. The number of carbonyl (C=O) groups is 2.